The van der Waals surface area contributed by atoms with Gasteiger partial charge in [0.05, 0.1) is 7.11 Å². The first-order valence-electron chi connectivity index (χ1n) is 7.01. The van der Waals surface area contributed by atoms with E-state index in [4.69, 9.17) is 16.3 Å². The fourth-order valence-electron chi connectivity index (χ4n) is 2.04. The van der Waals surface area contributed by atoms with Crippen molar-refractivity contribution in [3.63, 3.8) is 0 Å². The number of hydrogen-bond acceptors (Lipinski definition) is 2. The largest absolute Gasteiger partial charge is 0.494 e. The van der Waals surface area contributed by atoms with Gasteiger partial charge < -0.3 is 15.0 Å². The number of aryl methyl sites for hydroxylation is 1. The summed E-state index contributed by atoms with van der Waals surface area (Å²) in [5.74, 6) is -0.278. The van der Waals surface area contributed by atoms with Crippen molar-refractivity contribution in [1.82, 2.24) is 4.90 Å². The Kier molecular flexibility index (Phi) is 5.45. The number of ether oxygens (including phenoxy) is 1. The van der Waals surface area contributed by atoms with Crippen molar-refractivity contribution in [2.24, 2.45) is 0 Å². The molecule has 0 aliphatic heterocycles. The van der Waals surface area contributed by atoms with E-state index in [1.54, 1.807) is 25.2 Å². The summed E-state index contributed by atoms with van der Waals surface area (Å²) in [5, 5.41) is 3.34. The van der Waals surface area contributed by atoms with Gasteiger partial charge in [-0.2, -0.15) is 0 Å². The SMILES string of the molecule is COc1ccc(CN(C)C(=O)Nc2ccc(C)c(Cl)c2)cc1F. The van der Waals surface area contributed by atoms with Crippen molar-refractivity contribution in [3.8, 4) is 5.75 Å². The highest BCUT2D eigenvalue weighted by Gasteiger charge is 2.11. The van der Waals surface area contributed by atoms with Gasteiger partial charge in [-0.1, -0.05) is 23.7 Å². The number of methoxy groups -OCH3 is 1. The van der Waals surface area contributed by atoms with Gasteiger partial charge in [-0.05, 0) is 42.3 Å². The average molecular weight is 337 g/mol. The summed E-state index contributed by atoms with van der Waals surface area (Å²) in [7, 11) is 3.04. The van der Waals surface area contributed by atoms with Crippen molar-refractivity contribution < 1.29 is 13.9 Å². The third-order valence-corrected chi connectivity index (χ3v) is 3.81. The standard InChI is InChI=1S/C17H18ClFN2O2/c1-11-4-6-13(9-14(11)18)20-17(22)21(2)10-12-5-7-16(23-3)15(19)8-12/h4-9H,10H2,1-3H3,(H,20,22). The summed E-state index contributed by atoms with van der Waals surface area (Å²) in [6.45, 7) is 2.16. The maximum Gasteiger partial charge on any atom is 0.321 e. The minimum atomic E-state index is -0.455. The molecule has 0 unspecified atom stereocenters. The highest BCUT2D eigenvalue weighted by Crippen LogP contribution is 2.21. The van der Waals surface area contributed by atoms with Gasteiger partial charge in [0.2, 0.25) is 0 Å². The zero-order valence-corrected chi connectivity index (χ0v) is 13.9. The average Bonchev–Trinajstić information content (AvgIpc) is 2.51. The minimum Gasteiger partial charge on any atom is -0.494 e. The van der Waals surface area contributed by atoms with E-state index in [9.17, 15) is 9.18 Å². The second-order valence-corrected chi connectivity index (χ2v) is 5.63. The molecule has 2 aromatic rings. The number of halogens is 2. The molecule has 1 N–H and O–H groups in total. The molecule has 0 heterocycles. The molecule has 4 nitrogen and oxygen atoms in total. The smallest absolute Gasteiger partial charge is 0.321 e. The molecule has 0 aromatic heterocycles. The molecule has 0 aliphatic rings. The predicted molar refractivity (Wildman–Crippen MR) is 89.6 cm³/mol. The highest BCUT2D eigenvalue weighted by atomic mass is 35.5. The fourth-order valence-corrected chi connectivity index (χ4v) is 2.22. The number of benzene rings is 2. The van der Waals surface area contributed by atoms with E-state index in [-0.39, 0.29) is 18.3 Å². The lowest BCUT2D eigenvalue weighted by atomic mass is 10.2. The first-order valence-corrected chi connectivity index (χ1v) is 7.39. The van der Waals surface area contributed by atoms with Gasteiger partial charge in [0, 0.05) is 24.3 Å². The molecule has 122 valence electrons. The van der Waals surface area contributed by atoms with E-state index in [2.05, 4.69) is 5.32 Å². The fraction of sp³-hybridized carbons (Fsp3) is 0.235. The van der Waals surface area contributed by atoms with Gasteiger partial charge in [0.15, 0.2) is 11.6 Å². The Morgan fingerprint density at radius 1 is 1.30 bits per heavy atom. The zero-order chi connectivity index (χ0) is 17.0. The van der Waals surface area contributed by atoms with E-state index in [1.165, 1.54) is 24.1 Å². The van der Waals surface area contributed by atoms with Crippen molar-refractivity contribution in [2.45, 2.75) is 13.5 Å². The molecule has 2 rings (SSSR count). The number of carbonyl (C=O) groups excluding carboxylic acids is 1. The summed E-state index contributed by atoms with van der Waals surface area (Å²) in [6, 6.07) is 9.60. The minimum absolute atomic E-state index is 0.176. The van der Waals surface area contributed by atoms with Crippen LogP contribution in [0.5, 0.6) is 5.75 Å². The van der Waals surface area contributed by atoms with Crippen LogP contribution >= 0.6 is 11.6 Å². The van der Waals surface area contributed by atoms with E-state index in [1.807, 2.05) is 13.0 Å². The number of rotatable bonds is 4. The molecule has 0 aliphatic carbocycles. The van der Waals surface area contributed by atoms with E-state index in [0.29, 0.717) is 16.3 Å². The maximum atomic E-state index is 13.7. The summed E-state index contributed by atoms with van der Waals surface area (Å²) < 4.78 is 18.5. The van der Waals surface area contributed by atoms with Crippen LogP contribution in [0.2, 0.25) is 5.02 Å². The molecule has 23 heavy (non-hydrogen) atoms. The Morgan fingerprint density at radius 2 is 2.04 bits per heavy atom. The number of urea groups is 1. The van der Waals surface area contributed by atoms with E-state index < -0.39 is 5.82 Å². The van der Waals surface area contributed by atoms with E-state index >= 15 is 0 Å². The van der Waals surface area contributed by atoms with Crippen LogP contribution in [0, 0.1) is 12.7 Å². The Balaban J connectivity index is 2.02. The van der Waals surface area contributed by atoms with Gasteiger partial charge in [-0.25, -0.2) is 9.18 Å². The molecular formula is C17H18ClFN2O2. The van der Waals surface area contributed by atoms with Gasteiger partial charge in [-0.15, -0.1) is 0 Å². The lowest BCUT2D eigenvalue weighted by molar-refractivity contribution is 0.220. The third kappa shape index (κ3) is 4.36. The summed E-state index contributed by atoms with van der Waals surface area (Å²) in [4.78, 5) is 13.6. The van der Waals surface area contributed by atoms with Crippen LogP contribution in [0.3, 0.4) is 0 Å². The molecule has 0 saturated carbocycles. The van der Waals surface area contributed by atoms with Crippen LogP contribution in [-0.2, 0) is 6.54 Å². The van der Waals surface area contributed by atoms with Gasteiger partial charge >= 0.3 is 6.03 Å². The van der Waals surface area contributed by atoms with Gasteiger partial charge in [0.25, 0.3) is 0 Å². The molecule has 0 saturated heterocycles. The molecule has 6 heteroatoms. The predicted octanol–water partition coefficient (Wildman–Crippen LogP) is 4.46. The maximum absolute atomic E-state index is 13.7. The zero-order valence-electron chi connectivity index (χ0n) is 13.2. The van der Waals surface area contributed by atoms with Gasteiger partial charge in [-0.3, -0.25) is 0 Å². The number of amides is 2. The van der Waals surface area contributed by atoms with Crippen LogP contribution in [-0.4, -0.2) is 25.1 Å². The van der Waals surface area contributed by atoms with Crippen LogP contribution in [0.25, 0.3) is 0 Å². The number of carbonyl (C=O) groups is 1. The lowest BCUT2D eigenvalue weighted by Gasteiger charge is -2.18. The van der Waals surface area contributed by atoms with Crippen LogP contribution < -0.4 is 10.1 Å². The van der Waals surface area contributed by atoms with Crippen LogP contribution in [0.15, 0.2) is 36.4 Å². The lowest BCUT2D eigenvalue weighted by Crippen LogP contribution is -2.30. The van der Waals surface area contributed by atoms with Crippen molar-refractivity contribution in [1.29, 1.82) is 0 Å². The molecular weight excluding hydrogens is 319 g/mol. The molecule has 2 aromatic carbocycles. The van der Waals surface area contributed by atoms with E-state index in [0.717, 1.165) is 5.56 Å². The second-order valence-electron chi connectivity index (χ2n) is 5.22. The first-order chi connectivity index (χ1) is 10.9. The Labute approximate surface area is 139 Å². The van der Waals surface area contributed by atoms with Crippen molar-refractivity contribution in [3.05, 3.63) is 58.4 Å². The number of nitrogens with zero attached hydrogens (tertiary/aromatic N) is 1. The molecule has 2 amide bonds. The Hall–Kier alpha value is -2.27. The van der Waals surface area contributed by atoms with Crippen LogP contribution in [0.4, 0.5) is 14.9 Å². The van der Waals surface area contributed by atoms with Crippen molar-refractivity contribution in [2.75, 3.05) is 19.5 Å². The molecule has 0 radical (unpaired) electrons. The normalized spacial score (nSPS) is 10.3. The monoisotopic (exact) mass is 336 g/mol. The molecule has 0 fully saturated rings. The summed E-state index contributed by atoms with van der Waals surface area (Å²) >= 11 is 6.03. The number of anilines is 1. The highest BCUT2D eigenvalue weighted by molar-refractivity contribution is 6.31. The van der Waals surface area contributed by atoms with Crippen molar-refractivity contribution >= 4 is 23.3 Å². The van der Waals surface area contributed by atoms with Crippen LogP contribution in [0.1, 0.15) is 11.1 Å². The topological polar surface area (TPSA) is 41.6 Å². The Morgan fingerprint density at radius 3 is 2.65 bits per heavy atom. The molecule has 0 atom stereocenters. The first kappa shape index (κ1) is 17.1. The number of nitrogens with one attached hydrogen (secondary N) is 1. The van der Waals surface area contributed by atoms with Gasteiger partial charge in [0.1, 0.15) is 0 Å². The number of hydrogen-bond donors (Lipinski definition) is 1. The third-order valence-electron chi connectivity index (χ3n) is 3.41. The Bertz CT molecular complexity index is 722. The quantitative estimate of drug-likeness (QED) is 0.895. The molecule has 0 spiro atoms. The second kappa shape index (κ2) is 7.33. The molecule has 0 bridgehead atoms. The summed E-state index contributed by atoms with van der Waals surface area (Å²) in [6.07, 6.45) is 0. The summed E-state index contributed by atoms with van der Waals surface area (Å²) in [5.41, 5.74) is 2.22.